The highest BCUT2D eigenvalue weighted by molar-refractivity contribution is 5.85. The predicted octanol–water partition coefficient (Wildman–Crippen LogP) is 2.75. The summed E-state index contributed by atoms with van der Waals surface area (Å²) in [5.41, 5.74) is 2.67. The highest BCUT2D eigenvalue weighted by Gasteiger charge is 2.26. The number of nitrogens with one attached hydrogen (secondary N) is 1. The van der Waals surface area contributed by atoms with Crippen molar-refractivity contribution < 1.29 is 4.79 Å². The molecule has 2 aromatic rings. The number of likely N-dealkylation sites (tertiary alicyclic amines) is 1. The smallest absolute Gasteiger partial charge is 0.243 e. The van der Waals surface area contributed by atoms with Gasteiger partial charge < -0.3 is 15.1 Å². The van der Waals surface area contributed by atoms with E-state index in [1.807, 2.05) is 6.07 Å². The van der Waals surface area contributed by atoms with Crippen LogP contribution in [0.5, 0.6) is 0 Å². The molecule has 0 spiro atoms. The molecule has 0 radical (unpaired) electrons. The molecular weight excluding hydrogens is 348 g/mol. The van der Waals surface area contributed by atoms with Crippen LogP contribution in [0.4, 0.5) is 0 Å². The average molecular weight is 379 g/mol. The zero-order chi connectivity index (χ0) is 19.8. The van der Waals surface area contributed by atoms with Gasteiger partial charge >= 0.3 is 0 Å². The number of carbonyl (C=O) groups is 1. The number of guanidine groups is 1. The number of nitrogens with zero attached hydrogens (tertiary/aromatic N) is 3. The van der Waals surface area contributed by atoms with Gasteiger partial charge in [-0.15, -0.1) is 0 Å². The molecule has 1 amide bonds. The number of rotatable bonds is 6. The highest BCUT2D eigenvalue weighted by atomic mass is 16.2. The first kappa shape index (κ1) is 19.9. The van der Waals surface area contributed by atoms with Crippen LogP contribution in [0.1, 0.15) is 23.5 Å². The van der Waals surface area contributed by atoms with Crippen molar-refractivity contribution in [3.8, 4) is 0 Å². The maximum atomic E-state index is 12.0. The third-order valence-electron chi connectivity index (χ3n) is 5.16. The first-order valence-electron chi connectivity index (χ1n) is 9.96. The lowest BCUT2D eigenvalue weighted by atomic mass is 9.99. The molecule has 1 N–H and O–H groups in total. The number of carbonyl (C=O) groups excluding carboxylic acids is 1. The van der Waals surface area contributed by atoms with Gasteiger partial charge in [0.25, 0.3) is 0 Å². The van der Waals surface area contributed by atoms with E-state index in [-0.39, 0.29) is 12.5 Å². The van der Waals surface area contributed by atoms with E-state index in [0.29, 0.717) is 5.92 Å². The minimum atomic E-state index is 0.0150. The number of aliphatic imine (C=N–C) groups is 1. The Bertz CT molecular complexity index is 774. The van der Waals surface area contributed by atoms with E-state index in [1.54, 1.807) is 19.0 Å². The fourth-order valence-electron chi connectivity index (χ4n) is 3.46. The summed E-state index contributed by atoms with van der Waals surface area (Å²) < 4.78 is 0. The van der Waals surface area contributed by atoms with Gasteiger partial charge in [0.1, 0.15) is 6.54 Å². The molecule has 1 atom stereocenters. The summed E-state index contributed by atoms with van der Waals surface area (Å²) >= 11 is 0. The number of amides is 1. The van der Waals surface area contributed by atoms with Gasteiger partial charge in [0.2, 0.25) is 5.91 Å². The quantitative estimate of drug-likeness (QED) is 0.621. The van der Waals surface area contributed by atoms with Gasteiger partial charge in [-0.25, -0.2) is 4.99 Å². The molecule has 1 heterocycles. The third-order valence-corrected chi connectivity index (χ3v) is 5.16. The fourth-order valence-corrected chi connectivity index (χ4v) is 3.46. The Morgan fingerprint density at radius 1 is 1.11 bits per heavy atom. The van der Waals surface area contributed by atoms with Gasteiger partial charge in [0, 0.05) is 39.6 Å². The highest BCUT2D eigenvalue weighted by Crippen LogP contribution is 2.26. The molecule has 1 aliphatic rings. The second-order valence-electron chi connectivity index (χ2n) is 7.43. The molecule has 0 aliphatic carbocycles. The molecule has 0 saturated carbocycles. The summed E-state index contributed by atoms with van der Waals surface area (Å²) in [6.45, 7) is 2.85. The summed E-state index contributed by atoms with van der Waals surface area (Å²) in [6.07, 6.45) is 2.03. The summed E-state index contributed by atoms with van der Waals surface area (Å²) in [6, 6.07) is 21.1. The lowest BCUT2D eigenvalue weighted by Gasteiger charge is -2.22. The van der Waals surface area contributed by atoms with E-state index < -0.39 is 0 Å². The lowest BCUT2D eigenvalue weighted by Crippen LogP contribution is -2.41. The van der Waals surface area contributed by atoms with Crippen molar-refractivity contribution >= 4 is 11.9 Å². The summed E-state index contributed by atoms with van der Waals surface area (Å²) in [4.78, 5) is 20.5. The molecule has 28 heavy (non-hydrogen) atoms. The zero-order valence-electron chi connectivity index (χ0n) is 16.8. The molecule has 1 aliphatic heterocycles. The van der Waals surface area contributed by atoms with Crippen LogP contribution >= 0.6 is 0 Å². The zero-order valence-corrected chi connectivity index (χ0v) is 16.8. The Morgan fingerprint density at radius 3 is 2.46 bits per heavy atom. The Balaban J connectivity index is 1.63. The standard InChI is InChI=1S/C23H30N4O/c1-26(2)22(28)17-25-23(24-15-13-19-9-5-3-6-10-19)27-16-14-21(18-27)20-11-7-4-8-12-20/h3-12,21H,13-18H2,1-2H3,(H,24,25). The normalized spacial score (nSPS) is 16.9. The molecule has 148 valence electrons. The van der Waals surface area contributed by atoms with Crippen molar-refractivity contribution in [1.29, 1.82) is 0 Å². The van der Waals surface area contributed by atoms with Crippen LogP contribution in [-0.4, -0.2) is 61.9 Å². The second kappa shape index (κ2) is 9.93. The van der Waals surface area contributed by atoms with Gasteiger partial charge in [-0.3, -0.25) is 4.79 Å². The number of hydrogen-bond donors (Lipinski definition) is 1. The van der Waals surface area contributed by atoms with Crippen molar-refractivity contribution in [2.45, 2.75) is 18.8 Å². The predicted molar refractivity (Wildman–Crippen MR) is 115 cm³/mol. The molecule has 5 heteroatoms. The van der Waals surface area contributed by atoms with Gasteiger partial charge in [-0.1, -0.05) is 60.7 Å². The molecule has 3 rings (SSSR count). The van der Waals surface area contributed by atoms with E-state index in [9.17, 15) is 4.79 Å². The van der Waals surface area contributed by atoms with Gasteiger partial charge in [-0.2, -0.15) is 0 Å². The SMILES string of the molecule is CN(C)C(=O)CN=C(NCCc1ccccc1)N1CCC(c2ccccc2)C1. The Kier molecular flexibility index (Phi) is 7.06. The monoisotopic (exact) mass is 378 g/mol. The third kappa shape index (κ3) is 5.59. The Hall–Kier alpha value is -2.82. The minimum Gasteiger partial charge on any atom is -0.356 e. The molecular formula is C23H30N4O. The van der Waals surface area contributed by atoms with Crippen LogP contribution in [0.2, 0.25) is 0 Å². The Labute approximate surface area is 168 Å². The van der Waals surface area contributed by atoms with Crippen LogP contribution in [0, 0.1) is 0 Å². The van der Waals surface area contributed by atoms with Crippen LogP contribution in [-0.2, 0) is 11.2 Å². The summed E-state index contributed by atoms with van der Waals surface area (Å²) in [7, 11) is 3.53. The maximum Gasteiger partial charge on any atom is 0.243 e. The molecule has 1 saturated heterocycles. The number of benzene rings is 2. The van der Waals surface area contributed by atoms with Gasteiger partial charge in [0.05, 0.1) is 0 Å². The van der Waals surface area contributed by atoms with E-state index in [1.165, 1.54) is 11.1 Å². The molecule has 0 aromatic heterocycles. The van der Waals surface area contributed by atoms with Crippen molar-refractivity contribution in [3.05, 3.63) is 71.8 Å². The molecule has 1 fully saturated rings. The number of likely N-dealkylation sites (N-methyl/N-ethyl adjacent to an activating group) is 1. The largest absolute Gasteiger partial charge is 0.356 e. The molecule has 2 aromatic carbocycles. The van der Waals surface area contributed by atoms with Crippen molar-refractivity contribution in [3.63, 3.8) is 0 Å². The van der Waals surface area contributed by atoms with Crippen molar-refractivity contribution in [2.75, 3.05) is 40.3 Å². The van der Waals surface area contributed by atoms with Gasteiger partial charge in [-0.05, 0) is 24.0 Å². The van der Waals surface area contributed by atoms with E-state index in [0.717, 1.165) is 38.4 Å². The van der Waals surface area contributed by atoms with Crippen LogP contribution < -0.4 is 5.32 Å². The van der Waals surface area contributed by atoms with Gasteiger partial charge in [0.15, 0.2) is 5.96 Å². The lowest BCUT2D eigenvalue weighted by molar-refractivity contribution is -0.127. The summed E-state index contributed by atoms with van der Waals surface area (Å²) in [5.74, 6) is 1.36. The maximum absolute atomic E-state index is 12.0. The topological polar surface area (TPSA) is 47.9 Å². The molecule has 0 bridgehead atoms. The Morgan fingerprint density at radius 2 is 1.79 bits per heavy atom. The second-order valence-corrected chi connectivity index (χ2v) is 7.43. The van der Waals surface area contributed by atoms with E-state index in [2.05, 4.69) is 69.8 Å². The summed E-state index contributed by atoms with van der Waals surface area (Å²) in [5, 5.41) is 3.48. The van der Waals surface area contributed by atoms with Crippen LogP contribution in [0.15, 0.2) is 65.7 Å². The molecule has 5 nitrogen and oxygen atoms in total. The fraction of sp³-hybridized carbons (Fsp3) is 0.391. The average Bonchev–Trinajstić information content (AvgIpc) is 3.21. The first-order valence-corrected chi connectivity index (χ1v) is 9.96. The van der Waals surface area contributed by atoms with Crippen LogP contribution in [0.25, 0.3) is 0 Å². The number of hydrogen-bond acceptors (Lipinski definition) is 2. The minimum absolute atomic E-state index is 0.0150. The first-order chi connectivity index (χ1) is 13.6. The van der Waals surface area contributed by atoms with E-state index >= 15 is 0 Å². The van der Waals surface area contributed by atoms with Crippen molar-refractivity contribution in [1.82, 2.24) is 15.1 Å². The van der Waals surface area contributed by atoms with Crippen LogP contribution in [0.3, 0.4) is 0 Å². The van der Waals surface area contributed by atoms with Crippen molar-refractivity contribution in [2.24, 2.45) is 4.99 Å². The van der Waals surface area contributed by atoms with E-state index in [4.69, 9.17) is 0 Å². The molecule has 1 unspecified atom stereocenters.